The van der Waals surface area contributed by atoms with Gasteiger partial charge in [0.2, 0.25) is 0 Å². The Hall–Kier alpha value is -1.66. The van der Waals surface area contributed by atoms with Gasteiger partial charge < -0.3 is 0 Å². The molecule has 0 spiro atoms. The molecule has 1 aliphatic carbocycles. The Labute approximate surface area is 144 Å². The molecule has 0 saturated heterocycles. The van der Waals surface area contributed by atoms with Crippen molar-refractivity contribution in [1.82, 2.24) is 0 Å². The van der Waals surface area contributed by atoms with Crippen LogP contribution in [-0.4, -0.2) is 17.9 Å². The van der Waals surface area contributed by atoms with Crippen LogP contribution in [0.3, 0.4) is 0 Å². The molecule has 0 aromatic heterocycles. The molecule has 3 rings (SSSR count). The van der Waals surface area contributed by atoms with Crippen LogP contribution >= 0.6 is 0 Å². The van der Waals surface area contributed by atoms with E-state index in [2.05, 4.69) is 3.77 Å². The van der Waals surface area contributed by atoms with Gasteiger partial charge in [0.15, 0.2) is 0 Å². The highest BCUT2D eigenvalue weighted by Crippen LogP contribution is 2.33. The van der Waals surface area contributed by atoms with Gasteiger partial charge in [-0.1, -0.05) is 48.7 Å². The van der Waals surface area contributed by atoms with Crippen molar-refractivity contribution in [2.75, 3.05) is 0 Å². The molecule has 4 nitrogen and oxygen atoms in total. The second-order valence-electron chi connectivity index (χ2n) is 6.15. The Morgan fingerprint density at radius 3 is 2.00 bits per heavy atom. The van der Waals surface area contributed by atoms with Crippen LogP contribution in [0.1, 0.15) is 31.2 Å². The predicted molar refractivity (Wildman–Crippen MR) is 95.9 cm³/mol. The van der Waals surface area contributed by atoms with Crippen LogP contribution in [0.2, 0.25) is 0 Å². The Bertz CT molecular complexity index is 920. The number of rotatable bonds is 4. The summed E-state index contributed by atoms with van der Waals surface area (Å²) in [7, 11) is -7.00. The lowest BCUT2D eigenvalue weighted by Gasteiger charge is -2.17. The van der Waals surface area contributed by atoms with E-state index in [-0.39, 0.29) is 10.1 Å². The third kappa shape index (κ3) is 3.39. The van der Waals surface area contributed by atoms with Crippen LogP contribution in [0, 0.1) is 6.92 Å². The first kappa shape index (κ1) is 17.2. The molecule has 6 heteroatoms. The number of aryl methyl sites for hydroxylation is 1. The lowest BCUT2D eigenvalue weighted by atomic mass is 10.2. The fourth-order valence-corrected chi connectivity index (χ4v) is 7.74. The summed E-state index contributed by atoms with van der Waals surface area (Å²) in [6.07, 6.45) is 3.43. The molecule has 1 aliphatic rings. The predicted octanol–water partition coefficient (Wildman–Crippen LogP) is 4.15. The summed E-state index contributed by atoms with van der Waals surface area (Å²) in [6, 6.07) is 15.3. The van der Waals surface area contributed by atoms with E-state index in [9.17, 15) is 12.6 Å². The molecule has 1 unspecified atom stereocenters. The number of nitrogens with zero attached hydrogens (tertiary/aromatic N) is 1. The van der Waals surface area contributed by atoms with Gasteiger partial charge in [0.25, 0.3) is 10.0 Å². The van der Waals surface area contributed by atoms with E-state index in [0.29, 0.717) is 4.90 Å². The molecule has 24 heavy (non-hydrogen) atoms. The van der Waals surface area contributed by atoms with Crippen LogP contribution in [0.15, 0.2) is 68.2 Å². The molecule has 2 aromatic rings. The Kier molecular flexibility index (Phi) is 4.78. The van der Waals surface area contributed by atoms with Crippen molar-refractivity contribution in [2.24, 2.45) is 3.77 Å². The van der Waals surface area contributed by atoms with Crippen LogP contribution in [0.25, 0.3) is 0 Å². The number of sulfonamides is 1. The van der Waals surface area contributed by atoms with Gasteiger partial charge in [-0.15, -0.1) is 3.77 Å². The van der Waals surface area contributed by atoms with E-state index in [4.69, 9.17) is 0 Å². The maximum absolute atomic E-state index is 13.7. The van der Waals surface area contributed by atoms with Gasteiger partial charge in [0, 0.05) is 10.1 Å². The van der Waals surface area contributed by atoms with Crippen molar-refractivity contribution in [3.63, 3.8) is 0 Å². The van der Waals surface area contributed by atoms with Crippen molar-refractivity contribution < 1.29 is 12.6 Å². The quantitative estimate of drug-likeness (QED) is 0.819. The van der Waals surface area contributed by atoms with Gasteiger partial charge in [0.05, 0.1) is 14.6 Å². The standard InChI is InChI=1S/C18H21NO3S2/c1-15-11-13-18(14-12-15)24(21,22)19-23(20,17-9-5-6-10-17)16-7-3-2-4-8-16/h2-4,7-8,11-14,17H,5-6,9-10H2,1H3. The maximum Gasteiger partial charge on any atom is 0.290 e. The topological polar surface area (TPSA) is 63.6 Å². The largest absolute Gasteiger partial charge is 0.290 e. The third-order valence-corrected chi connectivity index (χ3v) is 9.22. The first-order valence-electron chi connectivity index (χ1n) is 8.06. The van der Waals surface area contributed by atoms with E-state index < -0.39 is 19.8 Å². The summed E-state index contributed by atoms with van der Waals surface area (Å²) in [6.45, 7) is 1.89. The molecule has 1 atom stereocenters. The lowest BCUT2D eigenvalue weighted by molar-refractivity contribution is 0.597. The molecule has 0 amide bonds. The summed E-state index contributed by atoms with van der Waals surface area (Å²) in [4.78, 5) is 0.599. The third-order valence-electron chi connectivity index (χ3n) is 4.36. The Morgan fingerprint density at radius 1 is 0.833 bits per heavy atom. The molecule has 0 radical (unpaired) electrons. The zero-order valence-corrected chi connectivity index (χ0v) is 15.2. The minimum Gasteiger partial charge on any atom is -0.243 e. The number of hydrogen-bond donors (Lipinski definition) is 0. The molecule has 128 valence electrons. The minimum atomic E-state index is -3.97. The summed E-state index contributed by atoms with van der Waals surface area (Å²) in [5.74, 6) is 0. The normalized spacial score (nSPS) is 18.2. The zero-order chi connectivity index (χ0) is 17.2. The van der Waals surface area contributed by atoms with Crippen LogP contribution < -0.4 is 0 Å². The second kappa shape index (κ2) is 6.69. The molecular weight excluding hydrogens is 342 g/mol. The van der Waals surface area contributed by atoms with Crippen LogP contribution in [0.5, 0.6) is 0 Å². The highest BCUT2D eigenvalue weighted by molar-refractivity contribution is 8.03. The Morgan fingerprint density at radius 2 is 1.42 bits per heavy atom. The fraction of sp³-hybridized carbons (Fsp3) is 0.333. The number of hydrogen-bond acceptors (Lipinski definition) is 3. The minimum absolute atomic E-state index is 0.0924. The van der Waals surface area contributed by atoms with Gasteiger partial charge in [-0.2, -0.15) is 8.42 Å². The molecule has 1 fully saturated rings. The highest BCUT2D eigenvalue weighted by atomic mass is 32.3. The van der Waals surface area contributed by atoms with E-state index >= 15 is 0 Å². The first-order valence-corrected chi connectivity index (χ1v) is 11.1. The smallest absolute Gasteiger partial charge is 0.243 e. The molecular formula is C18H21NO3S2. The van der Waals surface area contributed by atoms with Crippen molar-refractivity contribution in [2.45, 2.75) is 47.6 Å². The van der Waals surface area contributed by atoms with Crippen LogP contribution in [0.4, 0.5) is 0 Å². The zero-order valence-electron chi connectivity index (χ0n) is 13.6. The Balaban J connectivity index is 2.16. The van der Waals surface area contributed by atoms with Gasteiger partial charge in [-0.05, 0) is 44.0 Å². The van der Waals surface area contributed by atoms with E-state index in [0.717, 1.165) is 31.2 Å². The van der Waals surface area contributed by atoms with Gasteiger partial charge in [0.1, 0.15) is 0 Å². The summed E-state index contributed by atoms with van der Waals surface area (Å²) >= 11 is 0. The van der Waals surface area contributed by atoms with Gasteiger partial charge >= 0.3 is 0 Å². The second-order valence-corrected chi connectivity index (χ2v) is 10.4. The molecule has 0 heterocycles. The van der Waals surface area contributed by atoms with Crippen molar-refractivity contribution >= 4 is 19.8 Å². The summed E-state index contributed by atoms with van der Waals surface area (Å²) in [5, 5.41) is -0.208. The first-order chi connectivity index (χ1) is 11.4. The summed E-state index contributed by atoms with van der Waals surface area (Å²) in [5.41, 5.74) is 0.966. The fourth-order valence-electron chi connectivity index (χ4n) is 3.02. The van der Waals surface area contributed by atoms with Crippen LogP contribution in [-0.2, 0) is 19.8 Å². The van der Waals surface area contributed by atoms with Crippen molar-refractivity contribution in [1.29, 1.82) is 0 Å². The highest BCUT2D eigenvalue weighted by Gasteiger charge is 2.31. The van der Waals surface area contributed by atoms with Crippen molar-refractivity contribution in [3.8, 4) is 0 Å². The average molecular weight is 364 g/mol. The molecule has 0 aliphatic heterocycles. The number of benzene rings is 2. The molecule has 0 bridgehead atoms. The average Bonchev–Trinajstić information content (AvgIpc) is 3.11. The monoisotopic (exact) mass is 363 g/mol. The lowest BCUT2D eigenvalue weighted by Crippen LogP contribution is -2.19. The van der Waals surface area contributed by atoms with E-state index in [1.165, 1.54) is 12.1 Å². The molecule has 1 saturated carbocycles. The molecule has 0 N–H and O–H groups in total. The van der Waals surface area contributed by atoms with Gasteiger partial charge in [-0.3, -0.25) is 0 Å². The maximum atomic E-state index is 13.7. The van der Waals surface area contributed by atoms with E-state index in [1.54, 1.807) is 36.4 Å². The summed E-state index contributed by atoms with van der Waals surface area (Å²) < 4.78 is 43.2. The van der Waals surface area contributed by atoms with E-state index in [1.807, 2.05) is 13.0 Å². The molecule has 2 aromatic carbocycles. The van der Waals surface area contributed by atoms with Crippen molar-refractivity contribution in [3.05, 3.63) is 60.2 Å². The van der Waals surface area contributed by atoms with Gasteiger partial charge in [-0.25, -0.2) is 4.21 Å². The SMILES string of the molecule is Cc1ccc(S(=O)(=O)N=S(=O)(c2ccccc2)C2CCCC2)cc1.